The molecular weight excluding hydrogens is 293 g/mol. The molecule has 1 aromatic carbocycles. The SMILES string of the molecule is Cc1nc(C(=O)Nc2ccc(F)c(Cl)c2)c2ccccn12. The van der Waals surface area contributed by atoms with Crippen molar-refractivity contribution in [2.24, 2.45) is 0 Å². The van der Waals surface area contributed by atoms with Crippen LogP contribution in [0.15, 0.2) is 42.6 Å². The molecule has 1 amide bonds. The highest BCUT2D eigenvalue weighted by atomic mass is 35.5. The summed E-state index contributed by atoms with van der Waals surface area (Å²) in [6.07, 6.45) is 1.84. The third-order valence-electron chi connectivity index (χ3n) is 3.12. The van der Waals surface area contributed by atoms with Gasteiger partial charge in [-0.3, -0.25) is 4.79 Å². The molecule has 0 fully saturated rings. The van der Waals surface area contributed by atoms with Crippen LogP contribution in [0.5, 0.6) is 0 Å². The molecule has 106 valence electrons. The summed E-state index contributed by atoms with van der Waals surface area (Å²) in [7, 11) is 0. The molecule has 0 aliphatic heterocycles. The molecule has 6 heteroatoms. The van der Waals surface area contributed by atoms with Crippen molar-refractivity contribution in [2.75, 3.05) is 5.32 Å². The monoisotopic (exact) mass is 303 g/mol. The lowest BCUT2D eigenvalue weighted by atomic mass is 10.2. The molecule has 3 rings (SSSR count). The fourth-order valence-corrected chi connectivity index (χ4v) is 2.30. The Kier molecular flexibility index (Phi) is 3.35. The van der Waals surface area contributed by atoms with Crippen molar-refractivity contribution in [1.82, 2.24) is 9.38 Å². The third kappa shape index (κ3) is 2.48. The number of hydrogen-bond donors (Lipinski definition) is 1. The van der Waals surface area contributed by atoms with Gasteiger partial charge in [-0.1, -0.05) is 17.7 Å². The zero-order valence-corrected chi connectivity index (χ0v) is 11.9. The Bertz CT molecular complexity index is 844. The first-order chi connectivity index (χ1) is 10.1. The molecule has 0 aliphatic rings. The molecule has 2 aromatic heterocycles. The number of imidazole rings is 1. The van der Waals surface area contributed by atoms with E-state index in [1.165, 1.54) is 18.2 Å². The number of nitrogens with zero attached hydrogens (tertiary/aromatic N) is 2. The van der Waals surface area contributed by atoms with E-state index in [2.05, 4.69) is 10.3 Å². The smallest absolute Gasteiger partial charge is 0.276 e. The van der Waals surface area contributed by atoms with Gasteiger partial charge in [0.15, 0.2) is 5.69 Å². The molecule has 0 saturated heterocycles. The van der Waals surface area contributed by atoms with Gasteiger partial charge in [-0.25, -0.2) is 9.37 Å². The second-order valence-electron chi connectivity index (χ2n) is 4.55. The van der Waals surface area contributed by atoms with Crippen molar-refractivity contribution in [3.8, 4) is 0 Å². The van der Waals surface area contributed by atoms with Crippen molar-refractivity contribution in [1.29, 1.82) is 0 Å². The van der Waals surface area contributed by atoms with Crippen LogP contribution in [0.4, 0.5) is 10.1 Å². The van der Waals surface area contributed by atoms with Gasteiger partial charge < -0.3 is 9.72 Å². The summed E-state index contributed by atoms with van der Waals surface area (Å²) in [5, 5.41) is 2.62. The number of rotatable bonds is 2. The van der Waals surface area contributed by atoms with Crippen LogP contribution in [-0.2, 0) is 0 Å². The van der Waals surface area contributed by atoms with Crippen LogP contribution < -0.4 is 5.32 Å². The number of aryl methyl sites for hydroxylation is 1. The maximum Gasteiger partial charge on any atom is 0.276 e. The highest BCUT2D eigenvalue weighted by Gasteiger charge is 2.15. The Labute approximate surface area is 125 Å². The van der Waals surface area contributed by atoms with E-state index in [1.54, 1.807) is 0 Å². The number of pyridine rings is 1. The summed E-state index contributed by atoms with van der Waals surface area (Å²) in [6, 6.07) is 9.52. The zero-order valence-electron chi connectivity index (χ0n) is 11.1. The highest BCUT2D eigenvalue weighted by Crippen LogP contribution is 2.20. The molecule has 0 spiro atoms. The largest absolute Gasteiger partial charge is 0.321 e. The van der Waals surface area contributed by atoms with E-state index in [-0.39, 0.29) is 10.9 Å². The predicted molar refractivity (Wildman–Crippen MR) is 79.3 cm³/mol. The maximum absolute atomic E-state index is 13.1. The van der Waals surface area contributed by atoms with E-state index in [1.807, 2.05) is 35.7 Å². The van der Waals surface area contributed by atoms with Crippen molar-refractivity contribution in [3.63, 3.8) is 0 Å². The molecule has 3 aromatic rings. The quantitative estimate of drug-likeness (QED) is 0.785. The Hall–Kier alpha value is -2.40. The molecule has 0 unspecified atom stereocenters. The molecule has 1 N–H and O–H groups in total. The van der Waals surface area contributed by atoms with Crippen LogP contribution in [0.3, 0.4) is 0 Å². The van der Waals surface area contributed by atoms with Crippen molar-refractivity contribution in [2.45, 2.75) is 6.92 Å². The van der Waals surface area contributed by atoms with Gasteiger partial charge in [-0.15, -0.1) is 0 Å². The molecule has 4 nitrogen and oxygen atoms in total. The lowest BCUT2D eigenvalue weighted by Crippen LogP contribution is -2.13. The molecule has 0 radical (unpaired) electrons. The molecule has 0 bridgehead atoms. The van der Waals surface area contributed by atoms with Crippen LogP contribution in [-0.4, -0.2) is 15.3 Å². The number of aromatic nitrogens is 2. The van der Waals surface area contributed by atoms with E-state index >= 15 is 0 Å². The van der Waals surface area contributed by atoms with Crippen molar-refractivity contribution in [3.05, 3.63) is 65.0 Å². The summed E-state index contributed by atoms with van der Waals surface area (Å²) in [4.78, 5) is 16.6. The van der Waals surface area contributed by atoms with E-state index in [0.29, 0.717) is 22.7 Å². The minimum atomic E-state index is -0.530. The zero-order chi connectivity index (χ0) is 15.0. The van der Waals surface area contributed by atoms with Gasteiger partial charge in [0.25, 0.3) is 5.91 Å². The Balaban J connectivity index is 1.95. The number of anilines is 1. The van der Waals surface area contributed by atoms with Gasteiger partial charge in [0.2, 0.25) is 0 Å². The summed E-state index contributed by atoms with van der Waals surface area (Å²) in [6.45, 7) is 1.82. The number of nitrogens with one attached hydrogen (secondary N) is 1. The van der Waals surface area contributed by atoms with Gasteiger partial charge in [0.1, 0.15) is 11.6 Å². The van der Waals surface area contributed by atoms with Gasteiger partial charge in [0, 0.05) is 11.9 Å². The number of amides is 1. The Morgan fingerprint density at radius 3 is 2.90 bits per heavy atom. The van der Waals surface area contributed by atoms with E-state index in [9.17, 15) is 9.18 Å². The Morgan fingerprint density at radius 2 is 2.14 bits per heavy atom. The minimum Gasteiger partial charge on any atom is -0.321 e. The van der Waals surface area contributed by atoms with Crippen LogP contribution >= 0.6 is 11.6 Å². The summed E-state index contributed by atoms with van der Waals surface area (Å²) in [5.41, 5.74) is 1.44. The first-order valence-corrected chi connectivity index (χ1v) is 6.64. The second kappa shape index (κ2) is 5.18. The molecule has 0 aliphatic carbocycles. The normalized spacial score (nSPS) is 10.8. The number of carbonyl (C=O) groups is 1. The van der Waals surface area contributed by atoms with Crippen molar-refractivity contribution < 1.29 is 9.18 Å². The molecule has 0 atom stereocenters. The molecule has 21 heavy (non-hydrogen) atoms. The standard InChI is InChI=1S/C15H11ClFN3O/c1-9-18-14(13-4-2-3-7-20(9)13)15(21)19-10-5-6-12(17)11(16)8-10/h2-8H,1H3,(H,19,21). The van der Waals surface area contributed by atoms with Gasteiger partial charge >= 0.3 is 0 Å². The Morgan fingerprint density at radius 1 is 1.33 bits per heavy atom. The number of halogens is 2. The van der Waals surface area contributed by atoms with Gasteiger partial charge in [-0.2, -0.15) is 0 Å². The van der Waals surface area contributed by atoms with E-state index < -0.39 is 5.82 Å². The predicted octanol–water partition coefficient (Wildman–Crippen LogP) is 3.69. The van der Waals surface area contributed by atoms with Crippen LogP contribution in [0.2, 0.25) is 5.02 Å². The molecule has 2 heterocycles. The lowest BCUT2D eigenvalue weighted by molar-refractivity contribution is 0.102. The topological polar surface area (TPSA) is 46.4 Å². The first-order valence-electron chi connectivity index (χ1n) is 6.26. The summed E-state index contributed by atoms with van der Waals surface area (Å²) in [5.74, 6) is -0.180. The number of hydrogen-bond acceptors (Lipinski definition) is 2. The maximum atomic E-state index is 13.1. The van der Waals surface area contributed by atoms with Crippen LogP contribution in [0, 0.1) is 12.7 Å². The summed E-state index contributed by atoms with van der Waals surface area (Å²) >= 11 is 5.70. The average molecular weight is 304 g/mol. The molecule has 0 saturated carbocycles. The number of benzene rings is 1. The van der Waals surface area contributed by atoms with E-state index in [0.717, 1.165) is 0 Å². The highest BCUT2D eigenvalue weighted by molar-refractivity contribution is 6.31. The van der Waals surface area contributed by atoms with E-state index in [4.69, 9.17) is 11.6 Å². The fraction of sp³-hybridized carbons (Fsp3) is 0.0667. The lowest BCUT2D eigenvalue weighted by Gasteiger charge is -2.04. The summed E-state index contributed by atoms with van der Waals surface area (Å²) < 4.78 is 14.9. The first kappa shape index (κ1) is 13.6. The number of fused-ring (bicyclic) bond motifs is 1. The number of carbonyl (C=O) groups excluding carboxylic acids is 1. The third-order valence-corrected chi connectivity index (χ3v) is 3.41. The average Bonchev–Trinajstić information content (AvgIpc) is 2.81. The van der Waals surface area contributed by atoms with Gasteiger partial charge in [0.05, 0.1) is 10.5 Å². The minimum absolute atomic E-state index is 0.0429. The fourth-order valence-electron chi connectivity index (χ4n) is 2.12. The van der Waals surface area contributed by atoms with Crippen LogP contribution in [0.25, 0.3) is 5.52 Å². The van der Waals surface area contributed by atoms with Crippen molar-refractivity contribution >= 4 is 28.7 Å². The second-order valence-corrected chi connectivity index (χ2v) is 4.95. The molecular formula is C15H11ClFN3O. The van der Waals surface area contributed by atoms with Crippen LogP contribution in [0.1, 0.15) is 16.3 Å². The van der Waals surface area contributed by atoms with Gasteiger partial charge in [-0.05, 0) is 37.3 Å².